The van der Waals surface area contributed by atoms with Crippen molar-refractivity contribution in [2.24, 2.45) is 0 Å². The highest BCUT2D eigenvalue weighted by Crippen LogP contribution is 2.31. The minimum Gasteiger partial charge on any atom is -0.495 e. The van der Waals surface area contributed by atoms with Crippen LogP contribution in [0.15, 0.2) is 41.6 Å². The fraction of sp³-hybridized carbons (Fsp3) is 0.250. The van der Waals surface area contributed by atoms with E-state index in [0.717, 1.165) is 17.5 Å². The Morgan fingerprint density at radius 1 is 1.29 bits per heavy atom. The van der Waals surface area contributed by atoms with Crippen LogP contribution in [0.1, 0.15) is 18.1 Å². The lowest BCUT2D eigenvalue weighted by atomic mass is 10.1. The van der Waals surface area contributed by atoms with E-state index in [2.05, 4.69) is 39.6 Å². The molecule has 1 heterocycles. The number of methoxy groups -OCH3 is 1. The number of carbonyl (C=O) groups is 1. The topological polar surface area (TPSA) is 79.9 Å². The molecule has 1 amide bonds. The van der Waals surface area contributed by atoms with Crippen molar-refractivity contribution in [1.29, 1.82) is 0 Å². The van der Waals surface area contributed by atoms with Gasteiger partial charge in [-0.15, -0.1) is 5.10 Å². The molecule has 8 heteroatoms. The van der Waals surface area contributed by atoms with Gasteiger partial charge in [-0.05, 0) is 30.5 Å². The highest BCUT2D eigenvalue weighted by Gasteiger charge is 2.13. The van der Waals surface area contributed by atoms with E-state index >= 15 is 0 Å². The lowest BCUT2D eigenvalue weighted by Gasteiger charge is -2.11. The van der Waals surface area contributed by atoms with Gasteiger partial charge >= 0.3 is 0 Å². The Hall–Kier alpha value is -2.51. The number of rotatable bonds is 7. The van der Waals surface area contributed by atoms with Gasteiger partial charge < -0.3 is 10.1 Å². The number of nitrogens with zero attached hydrogens (tertiary/aromatic N) is 2. The Bertz CT molecular complexity index is 973. The second-order valence-electron chi connectivity index (χ2n) is 6.16. The van der Waals surface area contributed by atoms with Crippen LogP contribution in [0.3, 0.4) is 0 Å². The molecule has 3 rings (SSSR count). The van der Waals surface area contributed by atoms with E-state index < -0.39 is 0 Å². The zero-order chi connectivity index (χ0) is 20.1. The summed E-state index contributed by atoms with van der Waals surface area (Å²) in [6, 6.07) is 11.6. The van der Waals surface area contributed by atoms with E-state index in [0.29, 0.717) is 27.4 Å². The fourth-order valence-corrected chi connectivity index (χ4v) is 3.34. The molecule has 3 aromatic rings. The van der Waals surface area contributed by atoms with Crippen molar-refractivity contribution >= 4 is 35.0 Å². The second kappa shape index (κ2) is 9.12. The van der Waals surface area contributed by atoms with Crippen molar-refractivity contribution in [2.45, 2.75) is 25.4 Å². The van der Waals surface area contributed by atoms with Crippen molar-refractivity contribution in [3.05, 3.63) is 52.5 Å². The van der Waals surface area contributed by atoms with Crippen molar-refractivity contribution < 1.29 is 9.53 Å². The fourth-order valence-electron chi connectivity index (χ4n) is 2.58. The minimum atomic E-state index is -0.177. The predicted octanol–water partition coefficient (Wildman–Crippen LogP) is 4.74. The normalized spacial score (nSPS) is 10.7. The highest BCUT2D eigenvalue weighted by molar-refractivity contribution is 7.99. The SMILES string of the molecule is CCc1ccc(-c2nc(SCC(=O)Nc3cc(C)c(Cl)cc3OC)n[nH]2)cc1. The maximum absolute atomic E-state index is 12.3. The molecule has 0 aliphatic carbocycles. The Labute approximate surface area is 173 Å². The van der Waals surface area contributed by atoms with Crippen LogP contribution < -0.4 is 10.1 Å². The second-order valence-corrected chi connectivity index (χ2v) is 7.51. The average Bonchev–Trinajstić information content (AvgIpc) is 3.18. The lowest BCUT2D eigenvalue weighted by Crippen LogP contribution is -2.15. The molecule has 6 nitrogen and oxygen atoms in total. The number of hydrogen-bond acceptors (Lipinski definition) is 5. The van der Waals surface area contributed by atoms with Gasteiger partial charge in [-0.1, -0.05) is 54.6 Å². The van der Waals surface area contributed by atoms with Crippen LogP contribution in [0.4, 0.5) is 5.69 Å². The summed E-state index contributed by atoms with van der Waals surface area (Å²) < 4.78 is 5.28. The van der Waals surface area contributed by atoms with E-state index in [9.17, 15) is 4.79 Å². The monoisotopic (exact) mass is 416 g/mol. The molecule has 0 bridgehead atoms. The number of hydrogen-bond donors (Lipinski definition) is 2. The number of amides is 1. The Morgan fingerprint density at radius 3 is 2.71 bits per heavy atom. The summed E-state index contributed by atoms with van der Waals surface area (Å²) in [6.45, 7) is 3.98. The number of nitrogens with one attached hydrogen (secondary N) is 2. The molecule has 2 N–H and O–H groups in total. The molecule has 0 atom stereocenters. The zero-order valence-corrected chi connectivity index (χ0v) is 17.4. The largest absolute Gasteiger partial charge is 0.495 e. The van der Waals surface area contributed by atoms with Gasteiger partial charge in [0.15, 0.2) is 5.82 Å². The van der Waals surface area contributed by atoms with Gasteiger partial charge in [-0.3, -0.25) is 9.89 Å². The van der Waals surface area contributed by atoms with Crippen LogP contribution in [0.5, 0.6) is 5.75 Å². The summed E-state index contributed by atoms with van der Waals surface area (Å²) in [4.78, 5) is 16.8. The van der Waals surface area contributed by atoms with Gasteiger partial charge in [0, 0.05) is 16.7 Å². The maximum atomic E-state index is 12.3. The molecule has 0 unspecified atom stereocenters. The quantitative estimate of drug-likeness (QED) is 0.544. The Balaban J connectivity index is 1.61. The smallest absolute Gasteiger partial charge is 0.234 e. The zero-order valence-electron chi connectivity index (χ0n) is 15.9. The van der Waals surface area contributed by atoms with Gasteiger partial charge in [0.25, 0.3) is 0 Å². The highest BCUT2D eigenvalue weighted by atomic mass is 35.5. The first-order valence-corrected chi connectivity index (χ1v) is 10.1. The van der Waals surface area contributed by atoms with E-state index in [1.807, 2.05) is 19.1 Å². The molecule has 0 spiro atoms. The molecular weight excluding hydrogens is 396 g/mol. The van der Waals surface area contributed by atoms with Crippen LogP contribution in [-0.2, 0) is 11.2 Å². The first-order valence-electron chi connectivity index (χ1n) is 8.78. The molecule has 28 heavy (non-hydrogen) atoms. The van der Waals surface area contributed by atoms with Gasteiger partial charge in [0.05, 0.1) is 18.6 Å². The van der Waals surface area contributed by atoms with Crippen LogP contribution >= 0.6 is 23.4 Å². The summed E-state index contributed by atoms with van der Waals surface area (Å²) in [5.41, 5.74) is 3.67. The van der Waals surface area contributed by atoms with Crippen LogP contribution in [-0.4, -0.2) is 34.0 Å². The minimum absolute atomic E-state index is 0.177. The molecular formula is C20H21ClN4O2S. The molecule has 2 aromatic carbocycles. The third-order valence-electron chi connectivity index (χ3n) is 4.19. The van der Waals surface area contributed by atoms with Crippen molar-refractivity contribution in [3.63, 3.8) is 0 Å². The number of benzene rings is 2. The third-order valence-corrected chi connectivity index (χ3v) is 5.44. The number of carbonyl (C=O) groups excluding carboxylic acids is 1. The van der Waals surface area contributed by atoms with E-state index in [-0.39, 0.29) is 11.7 Å². The molecule has 146 valence electrons. The predicted molar refractivity (Wildman–Crippen MR) is 113 cm³/mol. The van der Waals surface area contributed by atoms with Crippen LogP contribution in [0, 0.1) is 6.92 Å². The molecule has 0 saturated carbocycles. The standard InChI is InChI=1S/C20H21ClN4O2S/c1-4-13-5-7-14(8-6-13)19-23-20(25-24-19)28-11-18(26)22-16-9-12(2)15(21)10-17(16)27-3/h5-10H,4,11H2,1-3H3,(H,22,26)(H,23,24,25). The third kappa shape index (κ3) is 4.85. The Kier molecular flexibility index (Phi) is 6.59. The van der Waals surface area contributed by atoms with E-state index in [4.69, 9.17) is 16.3 Å². The van der Waals surface area contributed by atoms with Gasteiger partial charge in [-0.25, -0.2) is 4.98 Å². The van der Waals surface area contributed by atoms with Gasteiger partial charge in [0.1, 0.15) is 5.75 Å². The number of aromatic amines is 1. The number of ether oxygens (including phenoxy) is 1. The molecule has 0 aliphatic rings. The summed E-state index contributed by atoms with van der Waals surface area (Å²) >= 11 is 7.35. The summed E-state index contributed by atoms with van der Waals surface area (Å²) in [6.07, 6.45) is 0.991. The average molecular weight is 417 g/mol. The van der Waals surface area contributed by atoms with E-state index in [1.165, 1.54) is 24.4 Å². The van der Waals surface area contributed by atoms with Gasteiger partial charge in [0.2, 0.25) is 11.1 Å². The lowest BCUT2D eigenvalue weighted by molar-refractivity contribution is -0.113. The van der Waals surface area contributed by atoms with Crippen molar-refractivity contribution in [1.82, 2.24) is 15.2 Å². The molecule has 0 fully saturated rings. The number of aromatic nitrogens is 3. The first-order chi connectivity index (χ1) is 13.5. The van der Waals surface area contributed by atoms with Gasteiger partial charge in [-0.2, -0.15) is 0 Å². The molecule has 0 aliphatic heterocycles. The molecule has 0 saturated heterocycles. The summed E-state index contributed by atoms with van der Waals surface area (Å²) in [5, 5.41) is 11.0. The molecule has 1 aromatic heterocycles. The number of thioether (sulfide) groups is 1. The number of halogens is 1. The van der Waals surface area contributed by atoms with Crippen LogP contribution in [0.2, 0.25) is 5.02 Å². The molecule has 0 radical (unpaired) electrons. The number of anilines is 1. The van der Waals surface area contributed by atoms with Crippen molar-refractivity contribution in [3.8, 4) is 17.1 Å². The first kappa shape index (κ1) is 20.2. The van der Waals surface area contributed by atoms with Crippen molar-refractivity contribution in [2.75, 3.05) is 18.2 Å². The van der Waals surface area contributed by atoms with Crippen LogP contribution in [0.25, 0.3) is 11.4 Å². The number of H-pyrrole nitrogens is 1. The van der Waals surface area contributed by atoms with E-state index in [1.54, 1.807) is 12.1 Å². The number of aryl methyl sites for hydroxylation is 2. The Morgan fingerprint density at radius 2 is 2.04 bits per heavy atom. The summed E-state index contributed by atoms with van der Waals surface area (Å²) in [5.74, 6) is 1.20. The summed E-state index contributed by atoms with van der Waals surface area (Å²) in [7, 11) is 1.54. The maximum Gasteiger partial charge on any atom is 0.234 e.